The molecule has 4 heteroatoms. The number of fused-ring (bicyclic) bond motifs is 1. The van der Waals surface area contributed by atoms with Crippen molar-refractivity contribution < 1.29 is 14.2 Å². The molecular formula is C17H17ClO3. The highest BCUT2D eigenvalue weighted by Gasteiger charge is 2.25. The molecule has 2 aromatic rings. The van der Waals surface area contributed by atoms with Crippen molar-refractivity contribution in [3.63, 3.8) is 0 Å². The van der Waals surface area contributed by atoms with Gasteiger partial charge in [0, 0.05) is 22.6 Å². The molecule has 0 aliphatic carbocycles. The fourth-order valence-electron chi connectivity index (χ4n) is 2.79. The Labute approximate surface area is 129 Å². The van der Waals surface area contributed by atoms with E-state index in [1.54, 1.807) is 14.2 Å². The maximum Gasteiger partial charge on any atom is 0.168 e. The van der Waals surface area contributed by atoms with Crippen molar-refractivity contribution in [3.8, 4) is 28.4 Å². The molecule has 1 heterocycles. The molecule has 0 fully saturated rings. The monoisotopic (exact) mass is 304 g/mol. The van der Waals surface area contributed by atoms with Crippen molar-refractivity contribution >= 4 is 11.6 Å². The number of para-hydroxylation sites is 1. The number of benzene rings is 2. The zero-order valence-electron chi connectivity index (χ0n) is 12.3. The summed E-state index contributed by atoms with van der Waals surface area (Å²) in [5.41, 5.74) is 3.00. The molecule has 3 rings (SSSR count). The first-order valence-electron chi connectivity index (χ1n) is 6.84. The van der Waals surface area contributed by atoms with Gasteiger partial charge in [0.2, 0.25) is 0 Å². The Morgan fingerprint density at radius 1 is 1.14 bits per heavy atom. The van der Waals surface area contributed by atoms with Crippen LogP contribution in [0.2, 0.25) is 5.02 Å². The van der Waals surface area contributed by atoms with Gasteiger partial charge >= 0.3 is 0 Å². The smallest absolute Gasteiger partial charge is 0.168 e. The lowest BCUT2D eigenvalue weighted by molar-refractivity contribution is 0.255. The average molecular weight is 305 g/mol. The predicted octanol–water partition coefficient (Wildman–Crippen LogP) is 4.35. The number of hydrogen-bond acceptors (Lipinski definition) is 3. The van der Waals surface area contributed by atoms with Gasteiger partial charge in [-0.3, -0.25) is 0 Å². The summed E-state index contributed by atoms with van der Waals surface area (Å²) in [6.07, 6.45) is 1.03. The number of rotatable bonds is 3. The van der Waals surface area contributed by atoms with Crippen LogP contribution < -0.4 is 14.2 Å². The SMILES string of the molecule is COc1cccc(-c2cc(Cl)cc3c2OC(C)C3)c1OC. The second kappa shape index (κ2) is 5.49. The highest BCUT2D eigenvalue weighted by atomic mass is 35.5. The third-order valence-corrected chi connectivity index (χ3v) is 3.87. The molecule has 0 N–H and O–H groups in total. The van der Waals surface area contributed by atoms with E-state index in [1.807, 2.05) is 30.3 Å². The molecule has 0 saturated heterocycles. The van der Waals surface area contributed by atoms with Crippen LogP contribution in [0.1, 0.15) is 12.5 Å². The van der Waals surface area contributed by atoms with Gasteiger partial charge in [-0.2, -0.15) is 0 Å². The van der Waals surface area contributed by atoms with Gasteiger partial charge in [0.15, 0.2) is 11.5 Å². The van der Waals surface area contributed by atoms with Gasteiger partial charge < -0.3 is 14.2 Å². The first-order valence-corrected chi connectivity index (χ1v) is 7.22. The fraction of sp³-hybridized carbons (Fsp3) is 0.294. The minimum Gasteiger partial charge on any atom is -0.493 e. The third-order valence-electron chi connectivity index (χ3n) is 3.65. The predicted molar refractivity (Wildman–Crippen MR) is 83.8 cm³/mol. The van der Waals surface area contributed by atoms with Crippen LogP contribution in [0.3, 0.4) is 0 Å². The maximum atomic E-state index is 6.27. The molecule has 1 unspecified atom stereocenters. The molecule has 0 bridgehead atoms. The van der Waals surface area contributed by atoms with E-state index in [-0.39, 0.29) is 6.10 Å². The van der Waals surface area contributed by atoms with E-state index in [2.05, 4.69) is 6.92 Å². The maximum absolute atomic E-state index is 6.27. The van der Waals surface area contributed by atoms with Crippen LogP contribution in [0.25, 0.3) is 11.1 Å². The van der Waals surface area contributed by atoms with Gasteiger partial charge in [-0.05, 0) is 30.7 Å². The second-order valence-corrected chi connectivity index (χ2v) is 5.55. The van der Waals surface area contributed by atoms with Crippen LogP contribution in [-0.4, -0.2) is 20.3 Å². The lowest BCUT2D eigenvalue weighted by Crippen LogP contribution is -2.05. The Morgan fingerprint density at radius 3 is 2.67 bits per heavy atom. The van der Waals surface area contributed by atoms with Crippen molar-refractivity contribution in [3.05, 3.63) is 40.9 Å². The van der Waals surface area contributed by atoms with Crippen LogP contribution in [0.4, 0.5) is 0 Å². The van der Waals surface area contributed by atoms with E-state index < -0.39 is 0 Å². The summed E-state index contributed by atoms with van der Waals surface area (Å²) in [6.45, 7) is 2.06. The molecule has 1 aliphatic heterocycles. The Morgan fingerprint density at radius 2 is 1.95 bits per heavy atom. The minimum atomic E-state index is 0.161. The molecule has 0 amide bonds. The van der Waals surface area contributed by atoms with Crippen molar-refractivity contribution in [2.24, 2.45) is 0 Å². The van der Waals surface area contributed by atoms with Gasteiger partial charge in [0.25, 0.3) is 0 Å². The number of hydrogen-bond donors (Lipinski definition) is 0. The minimum absolute atomic E-state index is 0.161. The first kappa shape index (κ1) is 14.1. The molecule has 0 spiro atoms. The highest BCUT2D eigenvalue weighted by Crippen LogP contribution is 2.46. The molecule has 2 aromatic carbocycles. The second-order valence-electron chi connectivity index (χ2n) is 5.12. The fourth-order valence-corrected chi connectivity index (χ4v) is 3.03. The van der Waals surface area contributed by atoms with Gasteiger partial charge in [0.1, 0.15) is 11.9 Å². The van der Waals surface area contributed by atoms with E-state index in [4.69, 9.17) is 25.8 Å². The summed E-state index contributed by atoms with van der Waals surface area (Å²) in [6, 6.07) is 9.67. The molecule has 0 saturated carbocycles. The van der Waals surface area contributed by atoms with E-state index in [0.29, 0.717) is 16.5 Å². The van der Waals surface area contributed by atoms with E-state index in [1.165, 1.54) is 0 Å². The largest absolute Gasteiger partial charge is 0.493 e. The number of methoxy groups -OCH3 is 2. The zero-order chi connectivity index (χ0) is 15.0. The van der Waals surface area contributed by atoms with E-state index in [9.17, 15) is 0 Å². The van der Waals surface area contributed by atoms with Gasteiger partial charge in [-0.1, -0.05) is 23.7 Å². The van der Waals surface area contributed by atoms with Gasteiger partial charge in [-0.25, -0.2) is 0 Å². The molecule has 0 aromatic heterocycles. The lowest BCUT2D eigenvalue weighted by atomic mass is 9.99. The Hall–Kier alpha value is -1.87. The van der Waals surface area contributed by atoms with Crippen molar-refractivity contribution in [2.45, 2.75) is 19.4 Å². The zero-order valence-corrected chi connectivity index (χ0v) is 13.0. The van der Waals surface area contributed by atoms with E-state index in [0.717, 1.165) is 28.9 Å². The Bertz CT molecular complexity index is 682. The normalized spacial score (nSPS) is 16.3. The lowest BCUT2D eigenvalue weighted by Gasteiger charge is -2.15. The summed E-state index contributed by atoms with van der Waals surface area (Å²) < 4.78 is 16.9. The summed E-state index contributed by atoms with van der Waals surface area (Å²) >= 11 is 6.27. The molecular weight excluding hydrogens is 288 g/mol. The summed E-state index contributed by atoms with van der Waals surface area (Å²) in [5, 5.41) is 0.700. The van der Waals surface area contributed by atoms with Crippen LogP contribution in [-0.2, 0) is 6.42 Å². The number of halogens is 1. The number of ether oxygens (including phenoxy) is 3. The van der Waals surface area contributed by atoms with Crippen LogP contribution in [0, 0.1) is 0 Å². The van der Waals surface area contributed by atoms with Crippen molar-refractivity contribution in [1.82, 2.24) is 0 Å². The quantitative estimate of drug-likeness (QED) is 0.844. The van der Waals surface area contributed by atoms with Crippen LogP contribution >= 0.6 is 11.6 Å². The standard InChI is InChI=1S/C17H17ClO3/c1-10-7-11-8-12(18)9-14(16(11)21-10)13-5-4-6-15(19-2)17(13)20-3/h4-6,8-10H,7H2,1-3H3. The van der Waals surface area contributed by atoms with Crippen LogP contribution in [0.15, 0.2) is 30.3 Å². The summed E-state index contributed by atoms with van der Waals surface area (Å²) in [5.74, 6) is 2.26. The van der Waals surface area contributed by atoms with E-state index >= 15 is 0 Å². The Kier molecular flexibility index (Phi) is 3.68. The summed E-state index contributed by atoms with van der Waals surface area (Å²) in [4.78, 5) is 0. The Balaban J connectivity index is 2.23. The molecule has 110 valence electrons. The van der Waals surface area contributed by atoms with Crippen LogP contribution in [0.5, 0.6) is 17.2 Å². The van der Waals surface area contributed by atoms with Crippen molar-refractivity contribution in [2.75, 3.05) is 14.2 Å². The summed E-state index contributed by atoms with van der Waals surface area (Å²) in [7, 11) is 3.26. The topological polar surface area (TPSA) is 27.7 Å². The molecule has 21 heavy (non-hydrogen) atoms. The van der Waals surface area contributed by atoms with Gasteiger partial charge in [-0.15, -0.1) is 0 Å². The molecule has 1 atom stereocenters. The van der Waals surface area contributed by atoms with Gasteiger partial charge in [0.05, 0.1) is 14.2 Å². The highest BCUT2D eigenvalue weighted by molar-refractivity contribution is 6.31. The first-order chi connectivity index (χ1) is 10.1. The molecule has 0 radical (unpaired) electrons. The average Bonchev–Trinajstić information content (AvgIpc) is 2.85. The van der Waals surface area contributed by atoms with Crippen molar-refractivity contribution in [1.29, 1.82) is 0 Å². The molecule has 1 aliphatic rings. The molecule has 3 nitrogen and oxygen atoms in total. The third kappa shape index (κ3) is 2.42.